The first-order valence-electron chi connectivity index (χ1n) is 9.22. The molecule has 0 bridgehead atoms. The quantitative estimate of drug-likeness (QED) is 0.646. The average molecular weight is 369 g/mol. The highest BCUT2D eigenvalue weighted by atomic mass is 32.1. The van der Waals surface area contributed by atoms with E-state index in [2.05, 4.69) is 46.8 Å². The summed E-state index contributed by atoms with van der Waals surface area (Å²) in [6.45, 7) is 13.4. The Hall–Kier alpha value is -1.87. The van der Waals surface area contributed by atoms with Crippen LogP contribution in [-0.4, -0.2) is 11.1 Å². The maximum absolute atomic E-state index is 11.6. The van der Waals surface area contributed by atoms with Gasteiger partial charge in [0.15, 0.2) is 0 Å². The van der Waals surface area contributed by atoms with Gasteiger partial charge < -0.3 is 5.11 Å². The zero-order valence-corrected chi connectivity index (χ0v) is 17.4. The van der Waals surface area contributed by atoms with Gasteiger partial charge in [0.2, 0.25) is 0 Å². The van der Waals surface area contributed by atoms with E-state index >= 15 is 0 Å². The van der Waals surface area contributed by atoms with Gasteiger partial charge in [0.25, 0.3) is 0 Å². The van der Waals surface area contributed by atoms with E-state index in [1.165, 1.54) is 46.4 Å². The summed E-state index contributed by atoms with van der Waals surface area (Å²) in [4.78, 5) is 12.7. The normalized spacial score (nSPS) is 18.1. The number of carbonyl (C=O) groups is 1. The summed E-state index contributed by atoms with van der Waals surface area (Å²) in [6.07, 6.45) is 6.20. The van der Waals surface area contributed by atoms with Crippen molar-refractivity contribution in [1.82, 2.24) is 0 Å². The van der Waals surface area contributed by atoms with E-state index in [9.17, 15) is 9.90 Å². The number of hydrogen-bond acceptors (Lipinski definition) is 2. The Kier molecular flexibility index (Phi) is 4.64. The molecule has 1 N–H and O–H groups in total. The van der Waals surface area contributed by atoms with Crippen molar-refractivity contribution >= 4 is 23.4 Å². The van der Waals surface area contributed by atoms with Crippen LogP contribution >= 0.6 is 11.3 Å². The lowest BCUT2D eigenvalue weighted by Gasteiger charge is -2.42. The summed E-state index contributed by atoms with van der Waals surface area (Å²) in [7, 11) is 0. The molecule has 0 unspecified atom stereocenters. The Labute approximate surface area is 160 Å². The third-order valence-corrected chi connectivity index (χ3v) is 6.86. The summed E-state index contributed by atoms with van der Waals surface area (Å²) in [6, 6.07) is 4.67. The van der Waals surface area contributed by atoms with Crippen molar-refractivity contribution in [3.8, 4) is 10.4 Å². The van der Waals surface area contributed by atoms with E-state index < -0.39 is 5.97 Å². The lowest BCUT2D eigenvalue weighted by atomic mass is 9.62. The molecule has 3 rings (SSSR count). The first-order valence-corrected chi connectivity index (χ1v) is 10.1. The van der Waals surface area contributed by atoms with Crippen LogP contribution in [0, 0.1) is 6.92 Å². The van der Waals surface area contributed by atoms with Crippen LogP contribution in [0.15, 0.2) is 23.6 Å². The van der Waals surface area contributed by atoms with Gasteiger partial charge in [-0.15, -0.1) is 11.3 Å². The molecular weight excluding hydrogens is 340 g/mol. The average Bonchev–Trinajstić information content (AvgIpc) is 2.96. The zero-order chi connectivity index (χ0) is 19.3. The van der Waals surface area contributed by atoms with Gasteiger partial charge in [0.05, 0.1) is 5.56 Å². The molecule has 138 valence electrons. The molecular formula is C23H28O2S. The minimum atomic E-state index is -0.863. The molecule has 1 aromatic carbocycles. The van der Waals surface area contributed by atoms with Gasteiger partial charge in [-0.1, -0.05) is 45.9 Å². The smallest absolute Gasteiger partial charge is 0.337 e. The Balaban J connectivity index is 2.28. The van der Waals surface area contributed by atoms with Crippen LogP contribution in [0.1, 0.15) is 80.1 Å². The van der Waals surface area contributed by atoms with Crippen LogP contribution in [0.5, 0.6) is 0 Å². The summed E-state index contributed by atoms with van der Waals surface area (Å²) in [5.74, 6) is -0.863. The van der Waals surface area contributed by atoms with Gasteiger partial charge in [-0.25, -0.2) is 4.79 Å². The van der Waals surface area contributed by atoms with Gasteiger partial charge in [-0.2, -0.15) is 0 Å². The van der Waals surface area contributed by atoms with Gasteiger partial charge >= 0.3 is 5.97 Å². The van der Waals surface area contributed by atoms with Crippen LogP contribution in [-0.2, 0) is 10.8 Å². The number of fused-ring (bicyclic) bond motifs is 1. The number of allylic oxidation sites excluding steroid dienone is 1. The fourth-order valence-electron chi connectivity index (χ4n) is 4.04. The highest BCUT2D eigenvalue weighted by Gasteiger charge is 2.37. The minimum Gasteiger partial charge on any atom is -0.478 e. The Morgan fingerprint density at radius 3 is 2.23 bits per heavy atom. The third-order valence-electron chi connectivity index (χ3n) is 5.84. The summed E-state index contributed by atoms with van der Waals surface area (Å²) in [5, 5.41) is 11.3. The van der Waals surface area contributed by atoms with E-state index in [0.29, 0.717) is 5.56 Å². The summed E-state index contributed by atoms with van der Waals surface area (Å²) >= 11 is 1.53. The SMILES string of the molecule is CC=Cc1c(C(=O)O)csc1-c1cc2c(cc1C)C(C)(C)CCC2(C)C. The third kappa shape index (κ3) is 3.03. The number of aryl methyl sites for hydroxylation is 1. The topological polar surface area (TPSA) is 37.3 Å². The number of benzene rings is 1. The summed E-state index contributed by atoms with van der Waals surface area (Å²) < 4.78 is 0. The molecule has 0 aliphatic heterocycles. The second-order valence-corrected chi connectivity index (χ2v) is 9.56. The first kappa shape index (κ1) is 18.9. The van der Waals surface area contributed by atoms with Gasteiger partial charge in [-0.05, 0) is 65.8 Å². The minimum absolute atomic E-state index is 0.140. The molecule has 0 amide bonds. The molecule has 1 aliphatic rings. The molecule has 0 saturated carbocycles. The predicted molar refractivity (Wildman–Crippen MR) is 111 cm³/mol. The molecule has 0 fully saturated rings. The molecule has 0 spiro atoms. The van der Waals surface area contributed by atoms with Crippen molar-refractivity contribution in [3.05, 3.63) is 51.4 Å². The number of rotatable bonds is 3. The van der Waals surface area contributed by atoms with Gasteiger partial charge in [-0.3, -0.25) is 0 Å². The van der Waals surface area contributed by atoms with Crippen molar-refractivity contribution in [2.24, 2.45) is 0 Å². The lowest BCUT2D eigenvalue weighted by molar-refractivity contribution is 0.0697. The van der Waals surface area contributed by atoms with Crippen LogP contribution in [0.25, 0.3) is 16.5 Å². The number of carboxylic acids is 1. The lowest BCUT2D eigenvalue weighted by Crippen LogP contribution is -2.34. The van der Waals surface area contributed by atoms with Crippen LogP contribution in [0.3, 0.4) is 0 Å². The van der Waals surface area contributed by atoms with Crippen LogP contribution in [0.2, 0.25) is 0 Å². The molecule has 1 heterocycles. The van der Waals surface area contributed by atoms with Crippen molar-refractivity contribution in [2.75, 3.05) is 0 Å². The number of carboxylic acid groups (broad SMARTS) is 1. The molecule has 3 heteroatoms. The molecule has 2 nitrogen and oxygen atoms in total. The second kappa shape index (κ2) is 6.38. The largest absolute Gasteiger partial charge is 0.478 e. The second-order valence-electron chi connectivity index (χ2n) is 8.68. The number of thiophene rings is 1. The Morgan fingerprint density at radius 2 is 1.69 bits per heavy atom. The van der Waals surface area contributed by atoms with E-state index in [0.717, 1.165) is 10.4 Å². The van der Waals surface area contributed by atoms with Crippen molar-refractivity contribution in [1.29, 1.82) is 0 Å². The molecule has 0 saturated heterocycles. The number of hydrogen-bond donors (Lipinski definition) is 1. The Bertz CT molecular complexity index is 897. The number of aromatic carboxylic acids is 1. The van der Waals surface area contributed by atoms with E-state index in [1.54, 1.807) is 5.38 Å². The Morgan fingerprint density at radius 1 is 1.12 bits per heavy atom. The van der Waals surface area contributed by atoms with E-state index in [4.69, 9.17) is 0 Å². The maximum Gasteiger partial charge on any atom is 0.337 e. The predicted octanol–water partition coefficient (Wildman–Crippen LogP) is 6.80. The van der Waals surface area contributed by atoms with E-state index in [1.807, 2.05) is 19.1 Å². The fraction of sp³-hybridized carbons (Fsp3) is 0.435. The van der Waals surface area contributed by atoms with Crippen LogP contribution < -0.4 is 0 Å². The fourth-order valence-corrected chi connectivity index (χ4v) is 5.16. The molecule has 0 atom stereocenters. The zero-order valence-electron chi connectivity index (χ0n) is 16.6. The molecule has 1 aromatic heterocycles. The highest BCUT2D eigenvalue weighted by molar-refractivity contribution is 7.14. The molecule has 2 aromatic rings. The molecule has 26 heavy (non-hydrogen) atoms. The first-order chi connectivity index (χ1) is 12.1. The summed E-state index contributed by atoms with van der Waals surface area (Å²) in [5.41, 5.74) is 6.77. The van der Waals surface area contributed by atoms with Gasteiger partial charge in [0.1, 0.15) is 0 Å². The van der Waals surface area contributed by atoms with Crippen molar-refractivity contribution in [2.45, 2.75) is 65.2 Å². The van der Waals surface area contributed by atoms with Gasteiger partial charge in [0, 0.05) is 15.8 Å². The monoisotopic (exact) mass is 368 g/mol. The molecule has 1 aliphatic carbocycles. The van der Waals surface area contributed by atoms with E-state index in [-0.39, 0.29) is 10.8 Å². The highest BCUT2D eigenvalue weighted by Crippen LogP contribution is 2.48. The van der Waals surface area contributed by atoms with Crippen molar-refractivity contribution in [3.63, 3.8) is 0 Å². The maximum atomic E-state index is 11.6. The van der Waals surface area contributed by atoms with Crippen LogP contribution in [0.4, 0.5) is 0 Å². The standard InChI is InChI=1S/C23H28O2S/c1-7-8-15-17(21(24)25)13-26-20(15)16-12-19-18(11-14(16)2)22(3,4)9-10-23(19,5)6/h7-8,11-13H,9-10H2,1-6H3,(H,24,25). The van der Waals surface area contributed by atoms with Crippen molar-refractivity contribution < 1.29 is 9.90 Å². The molecule has 0 radical (unpaired) electrons.